The van der Waals surface area contributed by atoms with E-state index in [4.69, 9.17) is 15.2 Å². The van der Waals surface area contributed by atoms with Crippen molar-refractivity contribution >= 4 is 0 Å². The highest BCUT2D eigenvalue weighted by molar-refractivity contribution is 5.48. The normalized spacial score (nSPS) is 9.19. The minimum Gasteiger partial charge on any atom is -0.493 e. The fourth-order valence-corrected chi connectivity index (χ4v) is 1.27. The molecule has 0 heterocycles. The first-order valence-corrected chi connectivity index (χ1v) is 5.22. The number of hydrogen-bond donors (Lipinski definition) is 1. The predicted octanol–water partition coefficient (Wildman–Crippen LogP) is 1.79. The van der Waals surface area contributed by atoms with Crippen LogP contribution in [0.15, 0.2) is 18.2 Å². The lowest BCUT2D eigenvalue weighted by Gasteiger charge is -2.06. The highest BCUT2D eigenvalue weighted by atomic mass is 16.5. The van der Waals surface area contributed by atoms with Gasteiger partial charge in [0, 0.05) is 12.0 Å². The van der Waals surface area contributed by atoms with Gasteiger partial charge in [-0.25, -0.2) is 0 Å². The van der Waals surface area contributed by atoms with Crippen molar-refractivity contribution in [3.8, 4) is 23.3 Å². The van der Waals surface area contributed by atoms with Crippen molar-refractivity contribution in [1.82, 2.24) is 0 Å². The van der Waals surface area contributed by atoms with E-state index in [1.807, 2.05) is 18.2 Å². The Morgan fingerprint density at radius 1 is 1.19 bits per heavy atom. The monoisotopic (exact) mass is 219 g/mol. The van der Waals surface area contributed by atoms with E-state index in [1.165, 1.54) is 0 Å². The van der Waals surface area contributed by atoms with Crippen molar-refractivity contribution in [3.05, 3.63) is 23.8 Å². The molecule has 1 aromatic carbocycles. The summed E-state index contributed by atoms with van der Waals surface area (Å²) in [5.74, 6) is 7.55. The smallest absolute Gasteiger partial charge is 0.161 e. The van der Waals surface area contributed by atoms with Crippen LogP contribution in [0.5, 0.6) is 11.5 Å². The van der Waals surface area contributed by atoms with E-state index in [0.29, 0.717) is 12.3 Å². The number of ether oxygens (including phenoxy) is 2. The number of methoxy groups -OCH3 is 2. The zero-order chi connectivity index (χ0) is 11.8. The maximum Gasteiger partial charge on any atom is 0.161 e. The second-order valence-corrected chi connectivity index (χ2v) is 3.26. The summed E-state index contributed by atoms with van der Waals surface area (Å²) < 4.78 is 10.3. The molecule has 16 heavy (non-hydrogen) atoms. The van der Waals surface area contributed by atoms with Crippen LogP contribution in [0, 0.1) is 11.8 Å². The topological polar surface area (TPSA) is 44.5 Å². The Morgan fingerprint density at radius 3 is 2.56 bits per heavy atom. The SMILES string of the molecule is COc1ccc(C#CCCCN)cc1OC. The zero-order valence-electron chi connectivity index (χ0n) is 9.75. The molecule has 0 aliphatic heterocycles. The summed E-state index contributed by atoms with van der Waals surface area (Å²) in [6, 6.07) is 5.64. The van der Waals surface area contributed by atoms with Gasteiger partial charge in [0.05, 0.1) is 14.2 Å². The molecule has 0 radical (unpaired) electrons. The van der Waals surface area contributed by atoms with Gasteiger partial charge < -0.3 is 15.2 Å². The third kappa shape index (κ3) is 3.48. The average Bonchev–Trinajstić information content (AvgIpc) is 2.34. The number of hydrogen-bond acceptors (Lipinski definition) is 3. The fourth-order valence-electron chi connectivity index (χ4n) is 1.27. The van der Waals surface area contributed by atoms with Crippen LogP contribution in [-0.2, 0) is 0 Å². The molecule has 1 aromatic rings. The first-order chi connectivity index (χ1) is 7.81. The third-order valence-corrected chi connectivity index (χ3v) is 2.12. The Morgan fingerprint density at radius 2 is 1.94 bits per heavy atom. The van der Waals surface area contributed by atoms with Crippen LogP contribution < -0.4 is 15.2 Å². The summed E-state index contributed by atoms with van der Waals surface area (Å²) in [5.41, 5.74) is 6.31. The summed E-state index contributed by atoms with van der Waals surface area (Å²) in [4.78, 5) is 0. The Labute approximate surface area is 96.6 Å². The highest BCUT2D eigenvalue weighted by Crippen LogP contribution is 2.27. The minimum absolute atomic E-state index is 0.681. The van der Waals surface area contributed by atoms with E-state index in [-0.39, 0.29) is 0 Å². The van der Waals surface area contributed by atoms with E-state index in [1.54, 1.807) is 14.2 Å². The molecule has 0 aromatic heterocycles. The lowest BCUT2D eigenvalue weighted by Crippen LogP contribution is -1.96. The van der Waals surface area contributed by atoms with E-state index in [2.05, 4.69) is 11.8 Å². The molecule has 3 nitrogen and oxygen atoms in total. The molecule has 0 amide bonds. The molecule has 0 aliphatic rings. The molecular formula is C13H17NO2. The Hall–Kier alpha value is -1.66. The standard InChI is InChI=1S/C13H17NO2/c1-15-12-8-7-11(10-13(12)16-2)6-4-3-5-9-14/h7-8,10H,3,5,9,14H2,1-2H3. The first-order valence-electron chi connectivity index (χ1n) is 5.22. The van der Waals surface area contributed by atoms with Gasteiger partial charge in [0.2, 0.25) is 0 Å². The van der Waals surface area contributed by atoms with Crippen molar-refractivity contribution < 1.29 is 9.47 Å². The summed E-state index contributed by atoms with van der Waals surface area (Å²) in [7, 11) is 3.23. The summed E-state index contributed by atoms with van der Waals surface area (Å²) >= 11 is 0. The lowest BCUT2D eigenvalue weighted by atomic mass is 10.2. The number of benzene rings is 1. The molecule has 0 bridgehead atoms. The van der Waals surface area contributed by atoms with Crippen LogP contribution in [0.4, 0.5) is 0 Å². The Bertz CT molecular complexity index is 391. The molecule has 86 valence electrons. The highest BCUT2D eigenvalue weighted by Gasteiger charge is 2.02. The minimum atomic E-state index is 0.681. The van der Waals surface area contributed by atoms with Gasteiger partial charge in [-0.2, -0.15) is 0 Å². The second kappa shape index (κ2) is 6.76. The van der Waals surface area contributed by atoms with Crippen molar-refractivity contribution in [2.24, 2.45) is 5.73 Å². The van der Waals surface area contributed by atoms with Crippen LogP contribution in [0.3, 0.4) is 0 Å². The number of rotatable bonds is 4. The van der Waals surface area contributed by atoms with Crippen LogP contribution in [-0.4, -0.2) is 20.8 Å². The van der Waals surface area contributed by atoms with Gasteiger partial charge in [-0.1, -0.05) is 11.8 Å². The van der Waals surface area contributed by atoms with E-state index in [0.717, 1.165) is 24.2 Å². The average molecular weight is 219 g/mol. The van der Waals surface area contributed by atoms with Gasteiger partial charge in [0.25, 0.3) is 0 Å². The molecule has 2 N–H and O–H groups in total. The molecular weight excluding hydrogens is 202 g/mol. The van der Waals surface area contributed by atoms with Gasteiger partial charge in [-0.15, -0.1) is 0 Å². The summed E-state index contributed by atoms with van der Waals surface area (Å²) in [5, 5.41) is 0. The Kier molecular flexibility index (Phi) is 5.24. The summed E-state index contributed by atoms with van der Waals surface area (Å²) in [6.45, 7) is 0.681. The maximum absolute atomic E-state index is 5.39. The number of unbranched alkanes of at least 4 members (excludes halogenated alkanes) is 1. The second-order valence-electron chi connectivity index (χ2n) is 3.26. The molecule has 1 rings (SSSR count). The largest absolute Gasteiger partial charge is 0.493 e. The van der Waals surface area contributed by atoms with E-state index < -0.39 is 0 Å². The van der Waals surface area contributed by atoms with Gasteiger partial charge >= 0.3 is 0 Å². The molecule has 0 saturated carbocycles. The summed E-state index contributed by atoms with van der Waals surface area (Å²) in [6.07, 6.45) is 1.76. The van der Waals surface area contributed by atoms with E-state index >= 15 is 0 Å². The van der Waals surface area contributed by atoms with Crippen molar-refractivity contribution in [2.75, 3.05) is 20.8 Å². The zero-order valence-corrected chi connectivity index (χ0v) is 9.75. The van der Waals surface area contributed by atoms with Gasteiger partial charge in [-0.3, -0.25) is 0 Å². The molecule has 3 heteroatoms. The Balaban J connectivity index is 2.77. The molecule has 0 fully saturated rings. The van der Waals surface area contributed by atoms with Gasteiger partial charge in [0.1, 0.15) is 0 Å². The molecule has 0 unspecified atom stereocenters. The molecule has 0 aliphatic carbocycles. The molecule has 0 atom stereocenters. The lowest BCUT2D eigenvalue weighted by molar-refractivity contribution is 0.355. The van der Waals surface area contributed by atoms with Crippen molar-refractivity contribution in [3.63, 3.8) is 0 Å². The first kappa shape index (κ1) is 12.4. The fraction of sp³-hybridized carbons (Fsp3) is 0.385. The molecule has 0 spiro atoms. The van der Waals surface area contributed by atoms with Crippen molar-refractivity contribution in [2.45, 2.75) is 12.8 Å². The van der Waals surface area contributed by atoms with Crippen LogP contribution in [0.1, 0.15) is 18.4 Å². The van der Waals surface area contributed by atoms with Crippen LogP contribution in [0.2, 0.25) is 0 Å². The van der Waals surface area contributed by atoms with E-state index in [9.17, 15) is 0 Å². The van der Waals surface area contributed by atoms with Crippen LogP contribution in [0.25, 0.3) is 0 Å². The molecule has 0 saturated heterocycles. The number of nitrogens with two attached hydrogens (primary N) is 1. The van der Waals surface area contributed by atoms with Crippen LogP contribution >= 0.6 is 0 Å². The predicted molar refractivity (Wildman–Crippen MR) is 64.7 cm³/mol. The quantitative estimate of drug-likeness (QED) is 0.620. The van der Waals surface area contributed by atoms with Crippen molar-refractivity contribution in [1.29, 1.82) is 0 Å². The van der Waals surface area contributed by atoms with Gasteiger partial charge in [-0.05, 0) is 31.2 Å². The van der Waals surface area contributed by atoms with Gasteiger partial charge in [0.15, 0.2) is 11.5 Å². The third-order valence-electron chi connectivity index (χ3n) is 2.12. The maximum atomic E-state index is 5.39.